The SMILES string of the molecule is COc1ccc(NC(=O)C(c2cccc(C)c2C)N(C(=O)C(Cc2ccccc2)NC(=O)OC(C)(C)C)C2CC2)cc1. The topological polar surface area (TPSA) is 97.0 Å². The van der Waals surface area contributed by atoms with E-state index in [0.717, 1.165) is 35.1 Å². The first-order valence-corrected chi connectivity index (χ1v) is 14.3. The highest BCUT2D eigenvalue weighted by Gasteiger charge is 2.44. The maximum absolute atomic E-state index is 14.5. The summed E-state index contributed by atoms with van der Waals surface area (Å²) < 4.78 is 10.8. The largest absolute Gasteiger partial charge is 0.497 e. The minimum absolute atomic E-state index is 0.136. The fourth-order valence-electron chi connectivity index (χ4n) is 4.92. The fourth-order valence-corrected chi connectivity index (χ4v) is 4.92. The number of methoxy groups -OCH3 is 1. The second-order valence-electron chi connectivity index (χ2n) is 11.8. The van der Waals surface area contributed by atoms with E-state index < -0.39 is 23.8 Å². The Bertz CT molecular complexity index is 1390. The monoisotopic (exact) mass is 571 g/mol. The van der Waals surface area contributed by atoms with Gasteiger partial charge < -0.3 is 25.0 Å². The van der Waals surface area contributed by atoms with Gasteiger partial charge in [0, 0.05) is 18.2 Å². The maximum Gasteiger partial charge on any atom is 0.408 e. The second kappa shape index (κ2) is 13.1. The van der Waals surface area contributed by atoms with E-state index in [0.29, 0.717) is 11.4 Å². The molecule has 222 valence electrons. The molecule has 0 aliphatic heterocycles. The summed E-state index contributed by atoms with van der Waals surface area (Å²) in [6.45, 7) is 9.28. The third-order valence-corrected chi connectivity index (χ3v) is 7.29. The molecule has 2 unspecified atom stereocenters. The first-order valence-electron chi connectivity index (χ1n) is 14.3. The number of anilines is 1. The van der Waals surface area contributed by atoms with Crippen LogP contribution in [0.15, 0.2) is 72.8 Å². The number of rotatable bonds is 10. The molecule has 3 aromatic carbocycles. The molecule has 2 N–H and O–H groups in total. The van der Waals surface area contributed by atoms with Crippen LogP contribution < -0.4 is 15.4 Å². The van der Waals surface area contributed by atoms with Crippen molar-refractivity contribution in [2.75, 3.05) is 12.4 Å². The van der Waals surface area contributed by atoms with E-state index in [9.17, 15) is 14.4 Å². The maximum atomic E-state index is 14.5. The molecule has 0 radical (unpaired) electrons. The Labute approximate surface area is 248 Å². The predicted octanol–water partition coefficient (Wildman–Crippen LogP) is 6.12. The van der Waals surface area contributed by atoms with E-state index in [4.69, 9.17) is 9.47 Å². The summed E-state index contributed by atoms with van der Waals surface area (Å²) >= 11 is 0. The Balaban J connectivity index is 1.73. The van der Waals surface area contributed by atoms with E-state index in [1.807, 2.05) is 62.4 Å². The van der Waals surface area contributed by atoms with Crippen molar-refractivity contribution in [2.24, 2.45) is 0 Å². The van der Waals surface area contributed by atoms with Crippen molar-refractivity contribution >= 4 is 23.6 Å². The molecule has 0 aromatic heterocycles. The first-order chi connectivity index (χ1) is 20.0. The van der Waals surface area contributed by atoms with Crippen LogP contribution in [0.25, 0.3) is 0 Å². The highest BCUT2D eigenvalue weighted by molar-refractivity contribution is 5.99. The van der Waals surface area contributed by atoms with Crippen LogP contribution in [0.1, 0.15) is 61.9 Å². The van der Waals surface area contributed by atoms with Crippen molar-refractivity contribution in [3.8, 4) is 5.75 Å². The molecule has 1 saturated carbocycles. The Morgan fingerprint density at radius 3 is 2.19 bits per heavy atom. The minimum Gasteiger partial charge on any atom is -0.497 e. The molecule has 42 heavy (non-hydrogen) atoms. The Morgan fingerprint density at radius 2 is 1.60 bits per heavy atom. The zero-order valence-corrected chi connectivity index (χ0v) is 25.3. The van der Waals surface area contributed by atoms with Gasteiger partial charge in [0.25, 0.3) is 5.91 Å². The van der Waals surface area contributed by atoms with Crippen LogP contribution in [-0.4, -0.2) is 47.6 Å². The molecule has 0 bridgehead atoms. The molecular weight excluding hydrogens is 530 g/mol. The summed E-state index contributed by atoms with van der Waals surface area (Å²) in [5, 5.41) is 5.84. The van der Waals surface area contributed by atoms with Crippen molar-refractivity contribution in [3.63, 3.8) is 0 Å². The van der Waals surface area contributed by atoms with Crippen LogP contribution in [0.3, 0.4) is 0 Å². The number of hydrogen-bond donors (Lipinski definition) is 2. The summed E-state index contributed by atoms with van der Waals surface area (Å²) in [6, 6.07) is 20.4. The van der Waals surface area contributed by atoms with E-state index >= 15 is 0 Å². The normalized spacial score (nSPS) is 14.3. The number of amides is 3. The number of alkyl carbamates (subject to hydrolysis) is 1. The molecule has 8 nitrogen and oxygen atoms in total. The quantitative estimate of drug-likeness (QED) is 0.306. The summed E-state index contributed by atoms with van der Waals surface area (Å²) in [5.41, 5.74) is 3.44. The van der Waals surface area contributed by atoms with Crippen molar-refractivity contribution < 1.29 is 23.9 Å². The fraction of sp³-hybridized carbons (Fsp3) is 0.382. The van der Waals surface area contributed by atoms with Crippen LogP contribution in [-0.2, 0) is 20.7 Å². The lowest BCUT2D eigenvalue weighted by atomic mass is 9.94. The molecule has 1 aliphatic rings. The lowest BCUT2D eigenvalue weighted by Crippen LogP contribution is -2.54. The predicted molar refractivity (Wildman–Crippen MR) is 163 cm³/mol. The van der Waals surface area contributed by atoms with Gasteiger partial charge in [-0.05, 0) is 94.0 Å². The van der Waals surface area contributed by atoms with Crippen LogP contribution in [0.2, 0.25) is 0 Å². The van der Waals surface area contributed by atoms with Gasteiger partial charge >= 0.3 is 6.09 Å². The van der Waals surface area contributed by atoms with Gasteiger partial charge in [-0.2, -0.15) is 0 Å². The Kier molecular flexibility index (Phi) is 9.55. The molecule has 8 heteroatoms. The van der Waals surface area contributed by atoms with Crippen molar-refractivity contribution in [1.82, 2.24) is 10.2 Å². The summed E-state index contributed by atoms with van der Waals surface area (Å²) in [6.07, 6.45) is 1.11. The lowest BCUT2D eigenvalue weighted by Gasteiger charge is -2.35. The number of carbonyl (C=O) groups is 3. The second-order valence-corrected chi connectivity index (χ2v) is 11.8. The van der Waals surface area contributed by atoms with Gasteiger partial charge in [-0.15, -0.1) is 0 Å². The van der Waals surface area contributed by atoms with Gasteiger partial charge in [-0.25, -0.2) is 4.79 Å². The molecule has 3 amide bonds. The van der Waals surface area contributed by atoms with Gasteiger partial charge in [0.05, 0.1) is 7.11 Å². The smallest absolute Gasteiger partial charge is 0.408 e. The standard InChI is InChI=1S/C34H41N3O5/c1-22-11-10-14-28(23(22)2)30(31(38)35-25-15-19-27(41-6)20-16-25)37(26-17-18-26)32(39)29(21-24-12-8-7-9-13-24)36-33(40)42-34(3,4)5/h7-16,19-20,26,29-30H,17-18,21H2,1-6H3,(H,35,38)(H,36,40). The molecule has 3 aromatic rings. The lowest BCUT2D eigenvalue weighted by molar-refractivity contribution is -0.141. The number of aryl methyl sites for hydroxylation is 1. The third-order valence-electron chi connectivity index (χ3n) is 7.29. The third kappa shape index (κ3) is 7.90. The van der Waals surface area contributed by atoms with Crippen LogP contribution in [0.5, 0.6) is 5.75 Å². The van der Waals surface area contributed by atoms with Gasteiger partial charge in [0.1, 0.15) is 23.4 Å². The molecule has 0 spiro atoms. The average molecular weight is 572 g/mol. The van der Waals surface area contributed by atoms with E-state index in [2.05, 4.69) is 10.6 Å². The van der Waals surface area contributed by atoms with E-state index in [-0.39, 0.29) is 24.3 Å². The molecular formula is C34H41N3O5. The summed E-state index contributed by atoms with van der Waals surface area (Å²) in [4.78, 5) is 43.3. The summed E-state index contributed by atoms with van der Waals surface area (Å²) in [7, 11) is 1.58. The van der Waals surface area contributed by atoms with Crippen LogP contribution in [0.4, 0.5) is 10.5 Å². The molecule has 0 saturated heterocycles. The number of hydrogen-bond acceptors (Lipinski definition) is 5. The van der Waals surface area contributed by atoms with Crippen molar-refractivity contribution in [3.05, 3.63) is 95.1 Å². The van der Waals surface area contributed by atoms with Gasteiger partial charge in [0.2, 0.25) is 5.91 Å². The van der Waals surface area contributed by atoms with Crippen LogP contribution >= 0.6 is 0 Å². The van der Waals surface area contributed by atoms with Gasteiger partial charge in [-0.3, -0.25) is 9.59 Å². The molecule has 1 aliphatic carbocycles. The highest BCUT2D eigenvalue weighted by atomic mass is 16.6. The van der Waals surface area contributed by atoms with E-state index in [1.54, 1.807) is 57.0 Å². The number of carbonyl (C=O) groups excluding carboxylic acids is 3. The summed E-state index contributed by atoms with van der Waals surface area (Å²) in [5.74, 6) is 0.0127. The number of nitrogens with one attached hydrogen (secondary N) is 2. The molecule has 1 fully saturated rings. The zero-order valence-electron chi connectivity index (χ0n) is 25.3. The van der Waals surface area contributed by atoms with Crippen molar-refractivity contribution in [2.45, 2.75) is 77.6 Å². The Hall–Kier alpha value is -4.33. The van der Waals surface area contributed by atoms with E-state index in [1.165, 1.54) is 0 Å². The Morgan fingerprint density at radius 1 is 0.929 bits per heavy atom. The number of nitrogens with zero attached hydrogens (tertiary/aromatic N) is 1. The zero-order chi connectivity index (χ0) is 30.4. The average Bonchev–Trinajstić information content (AvgIpc) is 3.78. The van der Waals surface area contributed by atoms with Gasteiger partial charge in [0.15, 0.2) is 0 Å². The first kappa shape index (κ1) is 30.6. The molecule has 0 heterocycles. The molecule has 4 rings (SSSR count). The number of benzene rings is 3. The minimum atomic E-state index is -0.941. The highest BCUT2D eigenvalue weighted by Crippen LogP contribution is 2.38. The van der Waals surface area contributed by atoms with Crippen molar-refractivity contribution in [1.29, 1.82) is 0 Å². The molecule has 2 atom stereocenters. The number of ether oxygens (including phenoxy) is 2. The van der Waals surface area contributed by atoms with Gasteiger partial charge in [-0.1, -0.05) is 48.5 Å². The van der Waals surface area contributed by atoms with Crippen LogP contribution in [0, 0.1) is 13.8 Å².